The first-order valence-corrected chi connectivity index (χ1v) is 11.3. The molecule has 0 saturated carbocycles. The lowest BCUT2D eigenvalue weighted by molar-refractivity contribution is -0.142. The van der Waals surface area contributed by atoms with Crippen LogP contribution in [0.4, 0.5) is 0 Å². The van der Waals surface area contributed by atoms with E-state index in [1.807, 2.05) is 37.4 Å². The molecule has 10 heteroatoms. The fourth-order valence-corrected chi connectivity index (χ4v) is 4.04. The van der Waals surface area contributed by atoms with Crippen LogP contribution in [0.1, 0.15) is 18.1 Å². The average Bonchev–Trinajstić information content (AvgIpc) is 3.26. The lowest BCUT2D eigenvalue weighted by Crippen LogP contribution is -2.24. The van der Waals surface area contributed by atoms with Gasteiger partial charge in [-0.25, -0.2) is 4.79 Å². The molecule has 1 unspecified atom stereocenters. The molecule has 4 rings (SSSR count). The van der Waals surface area contributed by atoms with Crippen LogP contribution in [0.25, 0.3) is 16.6 Å². The van der Waals surface area contributed by atoms with Crippen LogP contribution in [0.15, 0.2) is 64.5 Å². The second-order valence-corrected chi connectivity index (χ2v) is 8.03. The summed E-state index contributed by atoms with van der Waals surface area (Å²) in [7, 11) is 1.27. The highest BCUT2D eigenvalue weighted by molar-refractivity contribution is 7.71. The van der Waals surface area contributed by atoms with Crippen molar-refractivity contribution in [2.45, 2.75) is 19.4 Å². The number of para-hydroxylation sites is 1. The number of nitrogens with zero attached hydrogens (tertiary/aromatic N) is 2. The van der Waals surface area contributed by atoms with E-state index in [-0.39, 0.29) is 16.8 Å². The first-order chi connectivity index (χ1) is 16.9. The molecule has 1 atom stereocenters. The molecule has 35 heavy (non-hydrogen) atoms. The summed E-state index contributed by atoms with van der Waals surface area (Å²) >= 11 is 5.26. The van der Waals surface area contributed by atoms with Gasteiger partial charge in [0.25, 0.3) is 5.56 Å². The van der Waals surface area contributed by atoms with Gasteiger partial charge in [-0.05, 0) is 55.0 Å². The van der Waals surface area contributed by atoms with E-state index in [9.17, 15) is 14.7 Å². The summed E-state index contributed by atoms with van der Waals surface area (Å²) in [5.41, 5.74) is 1.55. The molecular weight excluding hydrogens is 468 g/mol. The minimum absolute atomic E-state index is 0.0112. The monoisotopic (exact) mass is 492 g/mol. The smallest absolute Gasteiger partial charge is 0.330 e. The van der Waals surface area contributed by atoms with Gasteiger partial charge in [0.05, 0.1) is 19.4 Å². The molecule has 0 spiro atoms. The normalized spacial score (nSPS) is 12.2. The molecule has 0 aliphatic rings. The molecule has 9 nitrogen and oxygen atoms in total. The van der Waals surface area contributed by atoms with Crippen LogP contribution in [0.2, 0.25) is 0 Å². The molecule has 2 aromatic carbocycles. The number of hydrogen-bond acceptors (Lipinski definition) is 7. The van der Waals surface area contributed by atoms with Crippen LogP contribution in [0.3, 0.4) is 0 Å². The average molecular weight is 493 g/mol. The van der Waals surface area contributed by atoms with Crippen molar-refractivity contribution in [3.05, 3.63) is 81.0 Å². The highest BCUT2D eigenvalue weighted by atomic mass is 32.1. The first kappa shape index (κ1) is 24.0. The molecule has 4 aromatic rings. The number of nitrogens with one attached hydrogen (secondary N) is 2. The van der Waals surface area contributed by atoms with E-state index in [1.165, 1.54) is 17.9 Å². The largest absolute Gasteiger partial charge is 0.494 e. The summed E-state index contributed by atoms with van der Waals surface area (Å²) in [4.78, 5) is 35.1. The van der Waals surface area contributed by atoms with Gasteiger partial charge in [-0.3, -0.25) is 19.3 Å². The number of aliphatic imine (C=N–C) groups is 1. The summed E-state index contributed by atoms with van der Waals surface area (Å²) in [6.45, 7) is 2.40. The molecule has 0 radical (unpaired) electrons. The van der Waals surface area contributed by atoms with Gasteiger partial charge in [-0.1, -0.05) is 18.2 Å². The van der Waals surface area contributed by atoms with E-state index >= 15 is 0 Å². The fraction of sp³-hybridized carbons (Fsp3) is 0.200. The van der Waals surface area contributed by atoms with E-state index in [2.05, 4.69) is 15.0 Å². The van der Waals surface area contributed by atoms with Crippen LogP contribution in [0.5, 0.6) is 11.6 Å². The lowest BCUT2D eigenvalue weighted by Gasteiger charge is -2.13. The van der Waals surface area contributed by atoms with Gasteiger partial charge in [0.15, 0.2) is 10.8 Å². The molecule has 0 amide bonds. The predicted molar refractivity (Wildman–Crippen MR) is 135 cm³/mol. The zero-order valence-corrected chi connectivity index (χ0v) is 20.0. The van der Waals surface area contributed by atoms with Crippen LogP contribution < -0.4 is 10.3 Å². The van der Waals surface area contributed by atoms with Gasteiger partial charge in [-0.15, -0.1) is 0 Å². The number of methoxy groups -OCH3 is 1. The molecule has 0 fully saturated rings. The molecule has 0 saturated heterocycles. The topological polar surface area (TPSA) is 122 Å². The van der Waals surface area contributed by atoms with Crippen LogP contribution >= 0.6 is 12.2 Å². The summed E-state index contributed by atoms with van der Waals surface area (Å²) in [6.07, 6.45) is 3.22. The number of carbonyl (C=O) groups excluding carboxylic acids is 1. The standard InChI is InChI=1S/C25H24N4O5S/c1-3-34-17-10-8-16(9-11-17)29-23(31)19(22(30)28-25(29)35)14-27-21(24(32)33-2)12-15-13-26-20-7-5-4-6-18(15)20/h4-11,13-14,21,26,31H,3,12H2,1-2H3,(H,28,30,35). The van der Waals surface area contributed by atoms with Crippen molar-refractivity contribution in [3.63, 3.8) is 0 Å². The number of aromatic amines is 2. The Morgan fingerprint density at radius 3 is 2.69 bits per heavy atom. The number of aromatic nitrogens is 3. The van der Waals surface area contributed by atoms with Gasteiger partial charge in [0.2, 0.25) is 5.88 Å². The lowest BCUT2D eigenvalue weighted by atomic mass is 10.1. The van der Waals surface area contributed by atoms with Crippen molar-refractivity contribution < 1.29 is 19.4 Å². The third-order valence-electron chi connectivity index (χ3n) is 5.47. The molecule has 0 aliphatic carbocycles. The Morgan fingerprint density at radius 2 is 1.97 bits per heavy atom. The second kappa shape index (κ2) is 10.4. The molecule has 0 aliphatic heterocycles. The van der Waals surface area contributed by atoms with Gasteiger partial charge in [-0.2, -0.15) is 0 Å². The highest BCUT2D eigenvalue weighted by Crippen LogP contribution is 2.23. The quantitative estimate of drug-likeness (QED) is 0.196. The number of carbonyl (C=O) groups is 1. The third kappa shape index (κ3) is 5.02. The fourth-order valence-electron chi connectivity index (χ4n) is 3.76. The summed E-state index contributed by atoms with van der Waals surface area (Å²) in [5, 5.41) is 11.9. The molecule has 0 bridgehead atoms. The Balaban J connectivity index is 1.70. The predicted octanol–water partition coefficient (Wildman–Crippen LogP) is 3.68. The highest BCUT2D eigenvalue weighted by Gasteiger charge is 2.21. The zero-order chi connectivity index (χ0) is 24.9. The molecule has 3 N–H and O–H groups in total. The number of esters is 1. The minimum Gasteiger partial charge on any atom is -0.494 e. The Labute approximate surface area is 205 Å². The van der Waals surface area contributed by atoms with Crippen molar-refractivity contribution in [2.24, 2.45) is 4.99 Å². The van der Waals surface area contributed by atoms with Crippen molar-refractivity contribution in [1.29, 1.82) is 0 Å². The Kier molecular flexibility index (Phi) is 7.11. The number of fused-ring (bicyclic) bond motifs is 1. The number of aromatic hydroxyl groups is 1. The number of hydrogen-bond donors (Lipinski definition) is 3. The minimum atomic E-state index is -0.930. The summed E-state index contributed by atoms with van der Waals surface area (Å²) < 4.78 is 11.7. The zero-order valence-electron chi connectivity index (χ0n) is 19.1. The molecule has 2 heterocycles. The maximum atomic E-state index is 12.6. The van der Waals surface area contributed by atoms with Gasteiger partial charge in [0, 0.05) is 29.7 Å². The first-order valence-electron chi connectivity index (χ1n) is 10.9. The molecule has 180 valence electrons. The number of benzene rings is 2. The van der Waals surface area contributed by atoms with E-state index in [0.29, 0.717) is 18.0 Å². The van der Waals surface area contributed by atoms with Gasteiger partial charge in [0.1, 0.15) is 11.3 Å². The van der Waals surface area contributed by atoms with Crippen molar-refractivity contribution in [1.82, 2.24) is 14.5 Å². The molecule has 2 aromatic heterocycles. The summed E-state index contributed by atoms with van der Waals surface area (Å²) in [6, 6.07) is 13.6. The van der Waals surface area contributed by atoms with Crippen molar-refractivity contribution >= 4 is 35.3 Å². The maximum absolute atomic E-state index is 12.6. The SMILES string of the molecule is CCOc1ccc(-n2c(O)c(C=NC(Cc3c[nH]c4ccccc34)C(=O)OC)c(=O)[nH]c2=S)cc1. The Morgan fingerprint density at radius 1 is 1.23 bits per heavy atom. The Bertz CT molecular complexity index is 1500. The van der Waals surface area contributed by atoms with Gasteiger partial charge >= 0.3 is 5.97 Å². The number of rotatable bonds is 8. The number of H-pyrrole nitrogens is 2. The van der Waals surface area contributed by atoms with Crippen LogP contribution in [-0.2, 0) is 16.0 Å². The summed E-state index contributed by atoms with van der Waals surface area (Å²) in [5.74, 6) is -0.309. The van der Waals surface area contributed by atoms with E-state index < -0.39 is 23.5 Å². The van der Waals surface area contributed by atoms with Gasteiger partial charge < -0.3 is 19.6 Å². The van der Waals surface area contributed by atoms with Crippen LogP contribution in [-0.4, -0.2) is 51.6 Å². The van der Waals surface area contributed by atoms with E-state index in [0.717, 1.165) is 16.5 Å². The van der Waals surface area contributed by atoms with Crippen LogP contribution in [0, 0.1) is 4.77 Å². The van der Waals surface area contributed by atoms with Crippen molar-refractivity contribution in [2.75, 3.05) is 13.7 Å². The van der Waals surface area contributed by atoms with E-state index in [4.69, 9.17) is 21.7 Å². The molecular formula is C25H24N4O5S. The Hall–Kier alpha value is -4.18. The third-order valence-corrected chi connectivity index (χ3v) is 5.76. The maximum Gasteiger partial charge on any atom is 0.330 e. The van der Waals surface area contributed by atoms with E-state index in [1.54, 1.807) is 24.3 Å². The second-order valence-electron chi connectivity index (χ2n) is 7.64. The van der Waals surface area contributed by atoms with Crippen molar-refractivity contribution in [3.8, 4) is 17.3 Å². The number of ether oxygens (including phenoxy) is 2.